The fourth-order valence-corrected chi connectivity index (χ4v) is 5.74. The Balaban J connectivity index is 1.31. The van der Waals surface area contributed by atoms with E-state index in [4.69, 9.17) is 4.74 Å². The second-order valence-electron chi connectivity index (χ2n) is 11.8. The molecule has 1 aliphatic heterocycles. The Morgan fingerprint density at radius 1 is 1.00 bits per heavy atom. The molecule has 42 heavy (non-hydrogen) atoms. The van der Waals surface area contributed by atoms with Crippen LogP contribution in [0.1, 0.15) is 67.7 Å². The molecule has 0 saturated heterocycles. The Bertz CT molecular complexity index is 1460. The highest BCUT2D eigenvalue weighted by Crippen LogP contribution is 2.38. The van der Waals surface area contributed by atoms with Gasteiger partial charge in [-0.25, -0.2) is 5.01 Å². The summed E-state index contributed by atoms with van der Waals surface area (Å²) in [7, 11) is 0. The zero-order valence-electron chi connectivity index (χ0n) is 24.1. The minimum Gasteiger partial charge on any atom is -0.481 e. The molecule has 1 saturated carbocycles. The monoisotopic (exact) mass is 567 g/mol. The summed E-state index contributed by atoms with van der Waals surface area (Å²) in [6, 6.07) is 24.8. The van der Waals surface area contributed by atoms with Crippen LogP contribution in [-0.2, 0) is 32.1 Å². The van der Waals surface area contributed by atoms with Crippen molar-refractivity contribution in [3.63, 3.8) is 0 Å². The van der Waals surface area contributed by atoms with E-state index in [0.717, 1.165) is 47.9 Å². The highest BCUT2D eigenvalue weighted by Gasteiger charge is 2.33. The molecule has 218 valence electrons. The lowest BCUT2D eigenvalue weighted by Gasteiger charge is -2.25. The molecule has 1 atom stereocenters. The molecule has 2 amide bonds. The van der Waals surface area contributed by atoms with Crippen molar-refractivity contribution in [3.05, 3.63) is 101 Å². The summed E-state index contributed by atoms with van der Waals surface area (Å²) >= 11 is 0. The molecule has 0 radical (unpaired) electrons. The normalized spacial score (nSPS) is 16.5. The minimum atomic E-state index is -0.906. The molecule has 3 aromatic carbocycles. The number of hydrazone groups is 1. The molecule has 0 spiro atoms. The Morgan fingerprint density at radius 2 is 1.71 bits per heavy atom. The van der Waals surface area contributed by atoms with E-state index in [-0.39, 0.29) is 30.3 Å². The number of carboxylic acids is 1. The van der Waals surface area contributed by atoms with Crippen LogP contribution in [0.2, 0.25) is 0 Å². The minimum absolute atomic E-state index is 0.0647. The number of nitrogens with zero attached hydrogens (tertiary/aromatic N) is 2. The zero-order valence-corrected chi connectivity index (χ0v) is 24.1. The van der Waals surface area contributed by atoms with Gasteiger partial charge < -0.3 is 15.2 Å². The van der Waals surface area contributed by atoms with E-state index in [9.17, 15) is 19.5 Å². The van der Waals surface area contributed by atoms with Crippen LogP contribution in [0, 0.1) is 11.3 Å². The second kappa shape index (κ2) is 12.6. The van der Waals surface area contributed by atoms with Crippen molar-refractivity contribution in [2.75, 3.05) is 11.9 Å². The van der Waals surface area contributed by atoms with Crippen LogP contribution >= 0.6 is 0 Å². The van der Waals surface area contributed by atoms with E-state index in [1.54, 1.807) is 13.8 Å². The Morgan fingerprint density at radius 3 is 2.40 bits per heavy atom. The zero-order chi connectivity index (χ0) is 29.7. The quantitative estimate of drug-likeness (QED) is 0.314. The number of carbonyl (C=O) groups is 3. The van der Waals surface area contributed by atoms with Gasteiger partial charge in [0.15, 0.2) is 6.61 Å². The van der Waals surface area contributed by atoms with Crippen LogP contribution in [0.15, 0.2) is 84.0 Å². The molecule has 3 aromatic rings. The molecule has 0 unspecified atom stereocenters. The standard InChI is InChI=1S/C34H37N3O5/c1-34(2,33(40)41)20-24-9-8-14-28(19-24)35-31(39)30(25-10-6-7-11-25)26-17-15-23(16-18-26)21-37-29(38)22-42-32(36-37)27-12-4-3-5-13-27/h3-5,8-9,12-19,25,30H,6-7,10-11,20-22H2,1-2H3,(H,35,39)(H,40,41)/t30-/m0/s1. The highest BCUT2D eigenvalue weighted by atomic mass is 16.5. The largest absolute Gasteiger partial charge is 0.481 e. The van der Waals surface area contributed by atoms with Gasteiger partial charge in [-0.3, -0.25) is 14.4 Å². The number of anilines is 1. The van der Waals surface area contributed by atoms with Crippen LogP contribution in [-0.4, -0.2) is 40.4 Å². The van der Waals surface area contributed by atoms with Crippen LogP contribution in [0.4, 0.5) is 5.69 Å². The molecule has 1 fully saturated rings. The number of hydrogen-bond acceptors (Lipinski definition) is 5. The number of nitrogens with one attached hydrogen (secondary N) is 1. The first kappa shape index (κ1) is 29.0. The third-order valence-electron chi connectivity index (χ3n) is 8.10. The van der Waals surface area contributed by atoms with Crippen molar-refractivity contribution in [2.45, 2.75) is 58.4 Å². The number of carboxylic acid groups (broad SMARTS) is 1. The van der Waals surface area contributed by atoms with Crippen molar-refractivity contribution in [1.29, 1.82) is 0 Å². The lowest BCUT2D eigenvalue weighted by molar-refractivity contribution is -0.146. The summed E-state index contributed by atoms with van der Waals surface area (Å²) in [6.07, 6.45) is 4.56. The average molecular weight is 568 g/mol. The molecule has 8 heteroatoms. The summed E-state index contributed by atoms with van der Waals surface area (Å²) in [5.74, 6) is -0.790. The van der Waals surface area contributed by atoms with Gasteiger partial charge in [-0.1, -0.05) is 67.4 Å². The molecule has 2 N–H and O–H groups in total. The van der Waals surface area contributed by atoms with Gasteiger partial charge in [-0.15, -0.1) is 5.10 Å². The molecule has 1 heterocycles. The van der Waals surface area contributed by atoms with Crippen LogP contribution in [0.25, 0.3) is 0 Å². The van der Waals surface area contributed by atoms with Crippen molar-refractivity contribution >= 4 is 29.4 Å². The Labute approximate surface area is 246 Å². The lowest BCUT2D eigenvalue weighted by atomic mass is 9.83. The Kier molecular flexibility index (Phi) is 8.71. The topological polar surface area (TPSA) is 108 Å². The molecular weight excluding hydrogens is 530 g/mol. The summed E-state index contributed by atoms with van der Waals surface area (Å²) in [6.45, 7) is 3.64. The third kappa shape index (κ3) is 6.87. The molecular formula is C34H37N3O5. The van der Waals surface area contributed by atoms with Gasteiger partial charge in [-0.05, 0) is 80.0 Å². The van der Waals surface area contributed by atoms with Crippen molar-refractivity contribution in [2.24, 2.45) is 16.4 Å². The second-order valence-corrected chi connectivity index (χ2v) is 11.8. The van der Waals surface area contributed by atoms with Crippen LogP contribution < -0.4 is 5.32 Å². The van der Waals surface area contributed by atoms with E-state index in [2.05, 4.69) is 10.4 Å². The number of amides is 2. The first-order valence-electron chi connectivity index (χ1n) is 14.5. The first-order valence-corrected chi connectivity index (χ1v) is 14.5. The van der Waals surface area contributed by atoms with Gasteiger partial charge in [0.05, 0.1) is 17.9 Å². The van der Waals surface area contributed by atoms with Crippen molar-refractivity contribution in [1.82, 2.24) is 5.01 Å². The van der Waals surface area contributed by atoms with Gasteiger partial charge in [-0.2, -0.15) is 0 Å². The number of rotatable bonds is 10. The van der Waals surface area contributed by atoms with E-state index in [0.29, 0.717) is 24.6 Å². The molecule has 1 aliphatic carbocycles. The fourth-order valence-electron chi connectivity index (χ4n) is 5.74. The predicted octanol–water partition coefficient (Wildman–Crippen LogP) is 5.97. The molecule has 5 rings (SSSR count). The van der Waals surface area contributed by atoms with Gasteiger partial charge in [0, 0.05) is 11.3 Å². The number of aliphatic carboxylic acids is 1. The summed E-state index contributed by atoms with van der Waals surface area (Å²) < 4.78 is 5.56. The van der Waals surface area contributed by atoms with Gasteiger partial charge >= 0.3 is 5.97 Å². The van der Waals surface area contributed by atoms with Crippen molar-refractivity contribution < 1.29 is 24.2 Å². The maximum Gasteiger partial charge on any atom is 0.309 e. The summed E-state index contributed by atoms with van der Waals surface area (Å²) in [5, 5.41) is 18.5. The number of ether oxygens (including phenoxy) is 1. The average Bonchev–Trinajstić information content (AvgIpc) is 3.50. The maximum absolute atomic E-state index is 13.7. The van der Waals surface area contributed by atoms with E-state index in [1.807, 2.05) is 78.9 Å². The number of carbonyl (C=O) groups excluding carboxylic acids is 2. The first-order chi connectivity index (χ1) is 20.2. The van der Waals surface area contributed by atoms with Gasteiger partial charge in [0.1, 0.15) is 0 Å². The smallest absolute Gasteiger partial charge is 0.309 e. The summed E-state index contributed by atoms with van der Waals surface area (Å²) in [5.41, 5.74) is 3.27. The fraction of sp³-hybridized carbons (Fsp3) is 0.353. The SMILES string of the molecule is CC(C)(Cc1cccc(NC(=O)[C@H](c2ccc(CN3N=C(c4ccccc4)OCC3=O)cc2)C2CCCC2)c1)C(=O)O. The molecule has 0 aromatic heterocycles. The predicted molar refractivity (Wildman–Crippen MR) is 161 cm³/mol. The van der Waals surface area contributed by atoms with Gasteiger partial charge in [0.2, 0.25) is 11.8 Å². The van der Waals surface area contributed by atoms with E-state index in [1.165, 1.54) is 5.01 Å². The van der Waals surface area contributed by atoms with Crippen LogP contribution in [0.5, 0.6) is 0 Å². The van der Waals surface area contributed by atoms with E-state index >= 15 is 0 Å². The van der Waals surface area contributed by atoms with Crippen molar-refractivity contribution in [3.8, 4) is 0 Å². The highest BCUT2D eigenvalue weighted by molar-refractivity contribution is 5.98. The molecule has 0 bridgehead atoms. The summed E-state index contributed by atoms with van der Waals surface area (Å²) in [4.78, 5) is 37.9. The molecule has 8 nitrogen and oxygen atoms in total. The molecule has 2 aliphatic rings. The van der Waals surface area contributed by atoms with Gasteiger partial charge in [0.25, 0.3) is 5.91 Å². The van der Waals surface area contributed by atoms with E-state index < -0.39 is 11.4 Å². The maximum atomic E-state index is 13.7. The number of benzene rings is 3. The van der Waals surface area contributed by atoms with Crippen LogP contribution in [0.3, 0.4) is 0 Å². The lowest BCUT2D eigenvalue weighted by Crippen LogP contribution is -2.36. The third-order valence-corrected chi connectivity index (χ3v) is 8.10. The Hall–Kier alpha value is -4.46. The number of hydrogen-bond donors (Lipinski definition) is 2.